The van der Waals surface area contributed by atoms with Gasteiger partial charge in [0, 0.05) is 19.7 Å². The predicted molar refractivity (Wildman–Crippen MR) is 109 cm³/mol. The number of likely N-dealkylation sites (N-methyl/N-ethyl adjacent to an activating group) is 2. The summed E-state index contributed by atoms with van der Waals surface area (Å²) >= 11 is 0. The molecule has 0 bridgehead atoms. The molecule has 1 fully saturated rings. The van der Waals surface area contributed by atoms with E-state index < -0.39 is 27.9 Å². The molecule has 0 saturated carbocycles. The van der Waals surface area contributed by atoms with E-state index in [9.17, 15) is 18.0 Å². The zero-order valence-corrected chi connectivity index (χ0v) is 17.5. The van der Waals surface area contributed by atoms with Crippen molar-refractivity contribution in [2.24, 2.45) is 0 Å². The molecule has 0 radical (unpaired) electrons. The van der Waals surface area contributed by atoms with Gasteiger partial charge in [0.1, 0.15) is 13.1 Å². The monoisotopic (exact) mass is 414 g/mol. The zero-order valence-electron chi connectivity index (χ0n) is 16.7. The number of hydrogen-bond donors (Lipinski definition) is 0. The third-order valence-corrected chi connectivity index (χ3v) is 7.82. The molecule has 2 amide bonds. The third kappa shape index (κ3) is 3.16. The molecule has 1 aromatic carbocycles. The van der Waals surface area contributed by atoms with E-state index in [1.165, 1.54) is 29.6 Å². The highest BCUT2D eigenvalue weighted by atomic mass is 32.2. The van der Waals surface area contributed by atoms with Gasteiger partial charge in [0.15, 0.2) is 0 Å². The number of sulfonamides is 1. The van der Waals surface area contributed by atoms with E-state index in [4.69, 9.17) is 0 Å². The lowest BCUT2D eigenvalue weighted by Crippen LogP contribution is -2.55. The van der Waals surface area contributed by atoms with Crippen LogP contribution in [0.3, 0.4) is 0 Å². The van der Waals surface area contributed by atoms with Crippen LogP contribution in [0.1, 0.15) is 30.0 Å². The Balaban J connectivity index is 1.71. The van der Waals surface area contributed by atoms with Crippen LogP contribution in [0.15, 0.2) is 47.4 Å². The Kier molecular flexibility index (Phi) is 4.78. The molecular formula is C21H24N3O4S+. The maximum atomic E-state index is 13.5. The minimum atomic E-state index is -3.74. The molecule has 1 aromatic rings. The van der Waals surface area contributed by atoms with E-state index in [1.54, 1.807) is 16.5 Å². The van der Waals surface area contributed by atoms with Gasteiger partial charge in [-0.2, -0.15) is 8.88 Å². The van der Waals surface area contributed by atoms with Crippen molar-refractivity contribution in [2.45, 2.75) is 31.8 Å². The number of fused-ring (bicyclic) bond motifs is 1. The fourth-order valence-corrected chi connectivity index (χ4v) is 6.01. The molecule has 1 aliphatic carbocycles. The number of nitrogens with zero attached hydrogens (tertiary/aromatic N) is 3. The Labute approximate surface area is 170 Å². The Morgan fingerprint density at radius 2 is 1.93 bits per heavy atom. The highest BCUT2D eigenvalue weighted by Crippen LogP contribution is 2.37. The maximum Gasteiger partial charge on any atom is 0.477 e. The maximum absolute atomic E-state index is 13.5. The quantitative estimate of drug-likeness (QED) is 0.553. The van der Waals surface area contributed by atoms with Crippen molar-refractivity contribution < 1.29 is 22.6 Å². The summed E-state index contributed by atoms with van der Waals surface area (Å²) in [7, 11) is -0.695. The van der Waals surface area contributed by atoms with Crippen LogP contribution in [0, 0.1) is 6.92 Å². The normalized spacial score (nSPS) is 25.5. The summed E-state index contributed by atoms with van der Waals surface area (Å²) < 4.78 is 29.8. The predicted octanol–water partition coefficient (Wildman–Crippen LogP) is 1.37. The summed E-state index contributed by atoms with van der Waals surface area (Å²) in [5.41, 5.74) is 2.68. The summed E-state index contributed by atoms with van der Waals surface area (Å²) in [6.07, 6.45) is 6.29. The third-order valence-electron chi connectivity index (χ3n) is 5.89. The van der Waals surface area contributed by atoms with E-state index in [-0.39, 0.29) is 10.9 Å². The molecule has 2 atom stereocenters. The fraction of sp³-hybridized carbons (Fsp3) is 0.381. The van der Waals surface area contributed by atoms with Gasteiger partial charge >= 0.3 is 11.8 Å². The lowest BCUT2D eigenvalue weighted by molar-refractivity contribution is -0.418. The molecule has 4 rings (SSSR count). The number of allylic oxidation sites excluding steroid dienone is 1. The van der Waals surface area contributed by atoms with Crippen LogP contribution in [0.4, 0.5) is 0 Å². The Hall–Kier alpha value is -2.58. The topological polar surface area (TPSA) is 77.8 Å². The largest absolute Gasteiger partial charge is 0.477 e. The molecule has 29 heavy (non-hydrogen) atoms. The van der Waals surface area contributed by atoms with E-state index in [0.29, 0.717) is 12.3 Å². The second-order valence-electron chi connectivity index (χ2n) is 7.74. The van der Waals surface area contributed by atoms with Crippen molar-refractivity contribution >= 4 is 27.5 Å². The van der Waals surface area contributed by atoms with Gasteiger partial charge in [-0.05, 0) is 37.5 Å². The fourth-order valence-electron chi connectivity index (χ4n) is 4.27. The standard InChI is InChI=1S/C21H24N3O4S/c1-14-6-4-7-15(12-14)17-8-5-11-24(17)29(27,28)16-9-10-18-19(13-16)23(3)21(26)20(25)22(18)2/h4,6-7,9-10,12-13,17,19H,5,8,11H2,1-3H3/q+1. The van der Waals surface area contributed by atoms with Crippen molar-refractivity contribution in [1.29, 1.82) is 0 Å². The van der Waals surface area contributed by atoms with Crippen LogP contribution in [-0.2, 0) is 19.6 Å². The number of aryl methyl sites for hydroxylation is 1. The number of carbonyl (C=O) groups excluding carboxylic acids is 2. The lowest BCUT2D eigenvalue weighted by Gasteiger charge is -2.30. The first-order chi connectivity index (χ1) is 13.7. The van der Waals surface area contributed by atoms with Gasteiger partial charge in [-0.3, -0.25) is 4.79 Å². The lowest BCUT2D eigenvalue weighted by atomic mass is 10.0. The van der Waals surface area contributed by atoms with Crippen LogP contribution in [-0.4, -0.2) is 66.4 Å². The second-order valence-corrected chi connectivity index (χ2v) is 9.63. The average Bonchev–Trinajstić information content (AvgIpc) is 3.21. The van der Waals surface area contributed by atoms with Crippen LogP contribution in [0.5, 0.6) is 0 Å². The Morgan fingerprint density at radius 1 is 1.17 bits per heavy atom. The van der Waals surface area contributed by atoms with Gasteiger partial charge in [-0.1, -0.05) is 29.8 Å². The molecule has 2 heterocycles. The first-order valence-electron chi connectivity index (χ1n) is 9.62. The van der Waals surface area contributed by atoms with Gasteiger partial charge in [0.2, 0.25) is 15.7 Å². The van der Waals surface area contributed by atoms with Crippen molar-refractivity contribution in [3.63, 3.8) is 0 Å². The van der Waals surface area contributed by atoms with Gasteiger partial charge in [-0.15, -0.1) is 0 Å². The minimum Gasteiger partial charge on any atom is -0.317 e. The Morgan fingerprint density at radius 3 is 2.66 bits per heavy atom. The van der Waals surface area contributed by atoms with E-state index in [1.807, 2.05) is 31.2 Å². The van der Waals surface area contributed by atoms with Gasteiger partial charge in [0.05, 0.1) is 10.9 Å². The number of carbonyl (C=O) groups is 2. The summed E-state index contributed by atoms with van der Waals surface area (Å²) in [6, 6.07) is 7.16. The first-order valence-corrected chi connectivity index (χ1v) is 11.1. The summed E-state index contributed by atoms with van der Waals surface area (Å²) in [6.45, 7) is 2.45. The first kappa shape index (κ1) is 19.7. The van der Waals surface area contributed by atoms with Crippen molar-refractivity contribution in [3.8, 4) is 0 Å². The number of benzene rings is 1. The summed E-state index contributed by atoms with van der Waals surface area (Å²) in [5, 5.41) is 0. The van der Waals surface area contributed by atoms with Crippen LogP contribution in [0.25, 0.3) is 0 Å². The van der Waals surface area contributed by atoms with Gasteiger partial charge < -0.3 is 4.90 Å². The molecule has 1 saturated heterocycles. The van der Waals surface area contributed by atoms with Gasteiger partial charge in [-0.25, -0.2) is 13.2 Å². The molecule has 2 unspecified atom stereocenters. The number of hydrogen-bond acceptors (Lipinski definition) is 4. The second kappa shape index (κ2) is 7.03. The highest BCUT2D eigenvalue weighted by molar-refractivity contribution is 7.93. The molecular weight excluding hydrogens is 390 g/mol. The molecule has 0 aromatic heterocycles. The van der Waals surface area contributed by atoms with Gasteiger partial charge in [0.25, 0.3) is 0 Å². The van der Waals surface area contributed by atoms with Crippen LogP contribution >= 0.6 is 0 Å². The molecule has 8 heteroatoms. The number of amides is 2. The zero-order chi connectivity index (χ0) is 20.9. The number of rotatable bonds is 3. The van der Waals surface area contributed by atoms with Crippen LogP contribution in [0.2, 0.25) is 0 Å². The average molecular weight is 415 g/mol. The summed E-state index contributed by atoms with van der Waals surface area (Å²) in [4.78, 5) is 25.7. The molecule has 2 aliphatic heterocycles. The molecule has 152 valence electrons. The minimum absolute atomic E-state index is 0.160. The van der Waals surface area contributed by atoms with Crippen LogP contribution < -0.4 is 0 Å². The molecule has 7 nitrogen and oxygen atoms in total. The summed E-state index contributed by atoms with van der Waals surface area (Å²) in [5.74, 6) is -1.27. The highest BCUT2D eigenvalue weighted by Gasteiger charge is 2.45. The Bertz CT molecular complexity index is 1100. The van der Waals surface area contributed by atoms with E-state index in [2.05, 4.69) is 0 Å². The smallest absolute Gasteiger partial charge is 0.317 e. The molecule has 0 N–H and O–H groups in total. The molecule has 3 aliphatic rings. The van der Waals surface area contributed by atoms with Crippen molar-refractivity contribution in [3.05, 3.63) is 58.5 Å². The molecule has 0 spiro atoms. The SMILES string of the molecule is Cc1cccc(C2CCCN2S(=O)(=O)C2=CC3C(=[N+](C)C(=O)C(=O)N3C)C=C2)c1. The van der Waals surface area contributed by atoms with Crippen molar-refractivity contribution in [2.75, 3.05) is 20.6 Å². The van der Waals surface area contributed by atoms with E-state index in [0.717, 1.165) is 24.0 Å². The van der Waals surface area contributed by atoms with E-state index >= 15 is 0 Å². The van der Waals surface area contributed by atoms with Crippen molar-refractivity contribution in [1.82, 2.24) is 9.21 Å².